The van der Waals surface area contributed by atoms with Gasteiger partial charge < -0.3 is 4.90 Å². The molecule has 0 saturated heterocycles. The van der Waals surface area contributed by atoms with Gasteiger partial charge in [-0.25, -0.2) is 18.7 Å². The normalized spacial score (nSPS) is 13.8. The molecule has 2 aromatic rings. The summed E-state index contributed by atoms with van der Waals surface area (Å²) in [5.41, 5.74) is 1.02. The Morgan fingerprint density at radius 2 is 1.85 bits per heavy atom. The van der Waals surface area contributed by atoms with Crippen molar-refractivity contribution in [2.24, 2.45) is 0 Å². The third kappa shape index (κ3) is 2.07. The van der Waals surface area contributed by atoms with Gasteiger partial charge >= 0.3 is 0 Å². The third-order valence-corrected chi connectivity index (χ3v) is 3.37. The van der Waals surface area contributed by atoms with Crippen LogP contribution in [0, 0.1) is 23.0 Å². The molecule has 4 nitrogen and oxygen atoms in total. The molecular weight excluding hydrogens is 262 g/mol. The van der Waals surface area contributed by atoms with E-state index < -0.39 is 5.82 Å². The van der Waals surface area contributed by atoms with Crippen LogP contribution in [0.1, 0.15) is 16.8 Å². The number of anilines is 1. The van der Waals surface area contributed by atoms with Crippen molar-refractivity contribution < 1.29 is 8.78 Å². The zero-order valence-electron chi connectivity index (χ0n) is 10.5. The highest BCUT2D eigenvalue weighted by molar-refractivity contribution is 5.44. The van der Waals surface area contributed by atoms with E-state index in [4.69, 9.17) is 5.26 Å². The van der Waals surface area contributed by atoms with Crippen LogP contribution in [0.3, 0.4) is 0 Å². The minimum Gasteiger partial charge on any atom is -0.351 e. The van der Waals surface area contributed by atoms with E-state index in [1.54, 1.807) is 0 Å². The maximum absolute atomic E-state index is 13.8. The zero-order valence-corrected chi connectivity index (χ0v) is 10.5. The van der Waals surface area contributed by atoms with Gasteiger partial charge in [0, 0.05) is 18.7 Å². The van der Waals surface area contributed by atoms with Crippen LogP contribution in [-0.4, -0.2) is 16.5 Å². The van der Waals surface area contributed by atoms with Crippen molar-refractivity contribution in [3.05, 3.63) is 53.0 Å². The van der Waals surface area contributed by atoms with Crippen molar-refractivity contribution >= 4 is 5.82 Å². The topological polar surface area (TPSA) is 52.8 Å². The molecule has 0 atom stereocenters. The molecule has 0 aliphatic carbocycles. The van der Waals surface area contributed by atoms with Crippen molar-refractivity contribution in [2.75, 3.05) is 11.4 Å². The second-order valence-corrected chi connectivity index (χ2v) is 4.53. The molecule has 3 rings (SSSR count). The van der Waals surface area contributed by atoms with Gasteiger partial charge in [-0.3, -0.25) is 0 Å². The number of aromatic nitrogens is 2. The van der Waals surface area contributed by atoms with E-state index in [0.29, 0.717) is 29.9 Å². The Kier molecular flexibility index (Phi) is 3.03. The predicted molar refractivity (Wildman–Crippen MR) is 67.9 cm³/mol. The van der Waals surface area contributed by atoms with E-state index in [1.165, 1.54) is 12.4 Å². The van der Waals surface area contributed by atoms with Crippen molar-refractivity contribution in [1.82, 2.24) is 9.97 Å². The Bertz CT molecular complexity index is 692. The Labute approximate surface area is 114 Å². The molecule has 0 N–H and O–H groups in total. The lowest BCUT2D eigenvalue weighted by atomic mass is 9.98. The quantitative estimate of drug-likeness (QED) is 0.798. The average Bonchev–Trinajstić information content (AvgIpc) is 2.51. The van der Waals surface area contributed by atoms with Crippen molar-refractivity contribution in [2.45, 2.75) is 13.0 Å². The first-order chi connectivity index (χ1) is 9.69. The first-order valence-corrected chi connectivity index (χ1v) is 6.12. The van der Waals surface area contributed by atoms with Gasteiger partial charge in [-0.05, 0) is 24.1 Å². The molecule has 100 valence electrons. The summed E-state index contributed by atoms with van der Waals surface area (Å²) < 4.78 is 27.4. The number of benzene rings is 1. The summed E-state index contributed by atoms with van der Waals surface area (Å²) in [5.74, 6) is -0.224. The minimum absolute atomic E-state index is 0.225. The van der Waals surface area contributed by atoms with Crippen molar-refractivity contribution in [3.8, 4) is 6.07 Å². The summed E-state index contributed by atoms with van der Waals surface area (Å²) in [5, 5.41) is 8.68. The van der Waals surface area contributed by atoms with Gasteiger partial charge in [-0.15, -0.1) is 0 Å². The molecule has 0 fully saturated rings. The standard InChI is InChI=1S/C14H10F2N4/c15-12-1-2-13(16)11-8-20(4-3-10(11)12)14-7-18-9(5-17)6-19-14/h1-2,6-7H,3-4,8H2. The molecule has 0 bridgehead atoms. The summed E-state index contributed by atoms with van der Waals surface area (Å²) >= 11 is 0. The van der Waals surface area contributed by atoms with Crippen LogP contribution in [0.15, 0.2) is 24.5 Å². The van der Waals surface area contributed by atoms with Gasteiger partial charge in [0.05, 0.1) is 12.4 Å². The third-order valence-electron chi connectivity index (χ3n) is 3.37. The average molecular weight is 272 g/mol. The highest BCUT2D eigenvalue weighted by Crippen LogP contribution is 2.26. The Balaban J connectivity index is 1.92. The number of fused-ring (bicyclic) bond motifs is 1. The number of nitriles is 1. The molecule has 20 heavy (non-hydrogen) atoms. The Morgan fingerprint density at radius 1 is 1.10 bits per heavy atom. The Morgan fingerprint density at radius 3 is 2.50 bits per heavy atom. The highest BCUT2D eigenvalue weighted by Gasteiger charge is 2.23. The second-order valence-electron chi connectivity index (χ2n) is 4.53. The van der Waals surface area contributed by atoms with Crippen molar-refractivity contribution in [3.63, 3.8) is 0 Å². The van der Waals surface area contributed by atoms with Gasteiger partial charge in [0.1, 0.15) is 23.5 Å². The van der Waals surface area contributed by atoms with E-state index in [1.807, 2.05) is 11.0 Å². The van der Waals surface area contributed by atoms with E-state index in [2.05, 4.69) is 9.97 Å². The molecule has 1 aliphatic rings. The lowest BCUT2D eigenvalue weighted by Gasteiger charge is -2.29. The summed E-state index contributed by atoms with van der Waals surface area (Å²) in [6.07, 6.45) is 3.26. The number of rotatable bonds is 1. The van der Waals surface area contributed by atoms with Crippen LogP contribution < -0.4 is 4.90 Å². The van der Waals surface area contributed by atoms with E-state index in [0.717, 1.165) is 12.1 Å². The van der Waals surface area contributed by atoms with Crippen LogP contribution >= 0.6 is 0 Å². The fourth-order valence-corrected chi connectivity index (χ4v) is 2.33. The highest BCUT2D eigenvalue weighted by atomic mass is 19.1. The molecule has 0 unspecified atom stereocenters. The van der Waals surface area contributed by atoms with Crippen LogP contribution in [-0.2, 0) is 13.0 Å². The monoisotopic (exact) mass is 272 g/mol. The van der Waals surface area contributed by atoms with Crippen molar-refractivity contribution in [1.29, 1.82) is 5.26 Å². The molecule has 1 aromatic heterocycles. The maximum atomic E-state index is 13.8. The smallest absolute Gasteiger partial charge is 0.158 e. The largest absolute Gasteiger partial charge is 0.351 e. The van der Waals surface area contributed by atoms with E-state index >= 15 is 0 Å². The van der Waals surface area contributed by atoms with Crippen LogP contribution in [0.4, 0.5) is 14.6 Å². The van der Waals surface area contributed by atoms with Gasteiger partial charge in [0.25, 0.3) is 0 Å². The van der Waals surface area contributed by atoms with Gasteiger partial charge in [-0.1, -0.05) is 0 Å². The summed E-state index contributed by atoms with van der Waals surface area (Å²) in [7, 11) is 0. The molecule has 1 aliphatic heterocycles. The fraction of sp³-hybridized carbons (Fsp3) is 0.214. The molecule has 0 saturated carbocycles. The maximum Gasteiger partial charge on any atom is 0.158 e. The Hall–Kier alpha value is -2.55. The lowest BCUT2D eigenvalue weighted by molar-refractivity contribution is 0.548. The fourth-order valence-electron chi connectivity index (χ4n) is 2.33. The molecule has 2 heterocycles. The minimum atomic E-state index is -0.410. The van der Waals surface area contributed by atoms with Gasteiger partial charge in [0.15, 0.2) is 5.69 Å². The summed E-state index contributed by atoms with van der Waals surface area (Å²) in [6.45, 7) is 0.785. The molecular formula is C14H10F2N4. The first kappa shape index (κ1) is 12.5. The van der Waals surface area contributed by atoms with Gasteiger partial charge in [0.2, 0.25) is 0 Å². The number of nitrogens with zero attached hydrogens (tertiary/aromatic N) is 4. The molecule has 1 aromatic carbocycles. The first-order valence-electron chi connectivity index (χ1n) is 6.12. The predicted octanol–water partition coefficient (Wildman–Crippen LogP) is 2.19. The van der Waals surface area contributed by atoms with E-state index in [9.17, 15) is 8.78 Å². The second kappa shape index (κ2) is 4.85. The summed E-state index contributed by atoms with van der Waals surface area (Å²) in [4.78, 5) is 9.88. The number of hydrogen-bond donors (Lipinski definition) is 0. The van der Waals surface area contributed by atoms with Crippen LogP contribution in [0.5, 0.6) is 0 Å². The lowest BCUT2D eigenvalue weighted by Crippen LogP contribution is -2.32. The van der Waals surface area contributed by atoms with E-state index in [-0.39, 0.29) is 18.1 Å². The molecule has 0 amide bonds. The molecule has 0 radical (unpaired) electrons. The van der Waals surface area contributed by atoms with Crippen LogP contribution in [0.25, 0.3) is 0 Å². The van der Waals surface area contributed by atoms with Gasteiger partial charge in [-0.2, -0.15) is 5.26 Å². The SMILES string of the molecule is N#Cc1cnc(N2CCc3c(F)ccc(F)c3C2)cn1. The summed E-state index contributed by atoms with van der Waals surface area (Å²) in [6, 6.07) is 4.19. The van der Waals surface area contributed by atoms with Crippen LogP contribution in [0.2, 0.25) is 0 Å². The number of hydrogen-bond acceptors (Lipinski definition) is 4. The molecule has 0 spiro atoms. The number of halogens is 2. The zero-order chi connectivity index (χ0) is 14.1. The molecule has 6 heteroatoms.